The van der Waals surface area contributed by atoms with Gasteiger partial charge in [0.25, 0.3) is 0 Å². The van der Waals surface area contributed by atoms with Gasteiger partial charge >= 0.3 is 5.97 Å². The van der Waals surface area contributed by atoms with Crippen molar-refractivity contribution in [1.29, 1.82) is 0 Å². The minimum Gasteiger partial charge on any atom is -0.451 e. The molecule has 3 atom stereocenters. The van der Waals surface area contributed by atoms with Crippen LogP contribution >= 0.6 is 0 Å². The van der Waals surface area contributed by atoms with Crippen LogP contribution in [0.1, 0.15) is 36.3 Å². The first-order valence-electron chi connectivity index (χ1n) is 10.5. The Labute approximate surface area is 190 Å². The van der Waals surface area contributed by atoms with Gasteiger partial charge in [0.15, 0.2) is 22.0 Å². The summed E-state index contributed by atoms with van der Waals surface area (Å²) in [5.41, 5.74) is 1.86. The van der Waals surface area contributed by atoms with Crippen molar-refractivity contribution in [2.24, 2.45) is 0 Å². The Morgan fingerprint density at radius 2 is 1.76 bits per heavy atom. The summed E-state index contributed by atoms with van der Waals surface area (Å²) < 4.78 is 31.2. The van der Waals surface area contributed by atoms with Gasteiger partial charge in [0.1, 0.15) is 10.1 Å². The Balaban J connectivity index is 1.54. The van der Waals surface area contributed by atoms with Crippen molar-refractivity contribution in [3.8, 4) is 0 Å². The molecule has 1 N–H and O–H groups in total. The number of esters is 1. The quantitative estimate of drug-likeness (QED) is 0.434. The highest BCUT2D eigenvalue weighted by atomic mass is 32.2. The van der Waals surface area contributed by atoms with E-state index in [0.29, 0.717) is 5.69 Å². The molecule has 2 aliphatic rings. The summed E-state index contributed by atoms with van der Waals surface area (Å²) in [5.74, 6) is -1.15. The molecule has 170 valence electrons. The molecule has 3 heterocycles. The maximum absolute atomic E-state index is 13.6. The minimum absolute atomic E-state index is 0.0762. The number of carbonyl (C=O) groups excluding carboxylic acids is 2. The molecule has 5 rings (SSSR count). The van der Waals surface area contributed by atoms with Crippen molar-refractivity contribution in [1.82, 2.24) is 20.3 Å². The molecule has 2 fully saturated rings. The van der Waals surface area contributed by atoms with Gasteiger partial charge in [-0.25, -0.2) is 13.2 Å². The van der Waals surface area contributed by atoms with Crippen molar-refractivity contribution < 1.29 is 22.7 Å². The van der Waals surface area contributed by atoms with Gasteiger partial charge in [-0.05, 0) is 18.1 Å². The van der Waals surface area contributed by atoms with E-state index in [1.54, 1.807) is 0 Å². The second-order valence-corrected chi connectivity index (χ2v) is 11.1. The molecular formula is C23H22N4O5S. The summed E-state index contributed by atoms with van der Waals surface area (Å²) in [6.07, 6.45) is 0.445. The maximum atomic E-state index is 13.6. The number of aromatic nitrogens is 3. The zero-order valence-electron chi connectivity index (χ0n) is 17.8. The third-order valence-corrected chi connectivity index (χ3v) is 9.25. The van der Waals surface area contributed by atoms with Gasteiger partial charge in [-0.15, -0.1) is 0 Å². The third kappa shape index (κ3) is 3.32. The molecule has 0 radical (unpaired) electrons. The topological polar surface area (TPSA) is 122 Å². The number of H-pyrrole nitrogens is 1. The van der Waals surface area contributed by atoms with Crippen molar-refractivity contribution >= 4 is 21.7 Å². The number of fused-ring (bicyclic) bond motifs is 1. The molecule has 9 nitrogen and oxygen atoms in total. The number of hydrogen-bond donors (Lipinski definition) is 1. The van der Waals surface area contributed by atoms with E-state index in [-0.39, 0.29) is 18.7 Å². The zero-order chi connectivity index (χ0) is 23.2. The molecule has 0 aliphatic carbocycles. The van der Waals surface area contributed by atoms with Crippen LogP contribution in [0.2, 0.25) is 0 Å². The molecule has 0 bridgehead atoms. The lowest BCUT2D eigenvalue weighted by Gasteiger charge is -2.37. The van der Waals surface area contributed by atoms with Crippen LogP contribution in [-0.2, 0) is 30.6 Å². The second kappa shape index (κ2) is 7.80. The molecule has 2 aromatic carbocycles. The zero-order valence-corrected chi connectivity index (χ0v) is 18.6. The van der Waals surface area contributed by atoms with E-state index in [0.717, 1.165) is 16.0 Å². The van der Waals surface area contributed by atoms with Crippen molar-refractivity contribution in [3.05, 3.63) is 83.7 Å². The molecule has 3 aromatic rings. The Bertz CT molecular complexity index is 1240. The first-order chi connectivity index (χ1) is 15.8. The highest BCUT2D eigenvalue weighted by Gasteiger charge is 2.70. The number of nitrogens with one attached hydrogen (secondary N) is 1. The number of amides is 1. The van der Waals surface area contributed by atoms with E-state index in [1.165, 1.54) is 13.1 Å². The average molecular weight is 467 g/mol. The summed E-state index contributed by atoms with van der Waals surface area (Å²) in [4.78, 5) is 27.3. The van der Waals surface area contributed by atoms with E-state index < -0.39 is 38.1 Å². The molecule has 1 amide bonds. The van der Waals surface area contributed by atoms with Crippen molar-refractivity contribution in [2.45, 2.75) is 42.0 Å². The Morgan fingerprint density at radius 3 is 2.27 bits per heavy atom. The SMILES string of the molecule is CC1(Cc2cn[nH]n2)C(C(=O)OC(c2ccccc2)c2ccccc2)N2C(=O)C[C@H]2S1(=O)=O. The van der Waals surface area contributed by atoms with Crippen LogP contribution < -0.4 is 0 Å². The molecule has 0 spiro atoms. The monoisotopic (exact) mass is 466 g/mol. The fourth-order valence-electron chi connectivity index (χ4n) is 4.73. The molecule has 2 unspecified atom stereocenters. The van der Waals surface area contributed by atoms with E-state index in [4.69, 9.17) is 4.74 Å². The Hall–Kier alpha value is -3.53. The van der Waals surface area contributed by atoms with Gasteiger partial charge in [-0.2, -0.15) is 15.4 Å². The predicted octanol–water partition coefficient (Wildman–Crippen LogP) is 1.79. The molecule has 10 heteroatoms. The highest BCUT2D eigenvalue weighted by molar-refractivity contribution is 7.93. The van der Waals surface area contributed by atoms with Crippen LogP contribution in [0.3, 0.4) is 0 Å². The number of hydrogen-bond acceptors (Lipinski definition) is 7. The van der Waals surface area contributed by atoms with Gasteiger partial charge in [0.05, 0.1) is 18.3 Å². The second-order valence-electron chi connectivity index (χ2n) is 8.50. The van der Waals surface area contributed by atoms with Crippen LogP contribution in [0.5, 0.6) is 0 Å². The van der Waals surface area contributed by atoms with Crippen LogP contribution in [0.25, 0.3) is 0 Å². The number of carbonyl (C=O) groups is 2. The number of nitrogens with zero attached hydrogens (tertiary/aromatic N) is 3. The van der Waals surface area contributed by atoms with Crippen LogP contribution in [0.15, 0.2) is 66.9 Å². The summed E-state index contributed by atoms with van der Waals surface area (Å²) in [6.45, 7) is 1.48. The number of aromatic amines is 1. The summed E-state index contributed by atoms with van der Waals surface area (Å²) in [6, 6.07) is 17.1. The molecule has 2 saturated heterocycles. The molecule has 33 heavy (non-hydrogen) atoms. The van der Waals surface area contributed by atoms with Gasteiger partial charge in [0, 0.05) is 6.42 Å². The van der Waals surface area contributed by atoms with Crippen LogP contribution in [-0.4, -0.2) is 56.8 Å². The summed E-state index contributed by atoms with van der Waals surface area (Å²) >= 11 is 0. The predicted molar refractivity (Wildman–Crippen MR) is 117 cm³/mol. The van der Waals surface area contributed by atoms with E-state index in [2.05, 4.69) is 15.4 Å². The summed E-state index contributed by atoms with van der Waals surface area (Å²) in [5, 5.41) is 9.14. The average Bonchev–Trinajstić information content (AvgIpc) is 3.36. The standard InChI is InChI=1S/C23H22N4O5S/c1-23(13-17-14-24-26-25-17)21(27-18(28)12-19(27)33(23,30)31)22(29)32-20(15-8-4-2-5-9-15)16-10-6-3-7-11-16/h2-11,14,19-21H,12-13H2,1H3,(H,24,25,26)/t19-,21?,23?/m1/s1. The normalized spacial score (nSPS) is 25.5. The molecule has 0 saturated carbocycles. The van der Waals surface area contributed by atoms with E-state index >= 15 is 0 Å². The Kier molecular flexibility index (Phi) is 5.04. The maximum Gasteiger partial charge on any atom is 0.331 e. The highest BCUT2D eigenvalue weighted by Crippen LogP contribution is 2.48. The van der Waals surface area contributed by atoms with Gasteiger partial charge in [-0.1, -0.05) is 60.7 Å². The summed E-state index contributed by atoms with van der Waals surface area (Å²) in [7, 11) is -3.87. The van der Waals surface area contributed by atoms with Gasteiger partial charge < -0.3 is 9.64 Å². The lowest BCUT2D eigenvalue weighted by atomic mass is 9.92. The third-order valence-electron chi connectivity index (χ3n) is 6.47. The molecular weight excluding hydrogens is 444 g/mol. The van der Waals surface area contributed by atoms with Gasteiger partial charge in [0.2, 0.25) is 5.91 Å². The fraction of sp³-hybridized carbons (Fsp3) is 0.304. The number of benzene rings is 2. The number of β-lactam (4-membered cyclic amide) rings is 1. The lowest BCUT2D eigenvalue weighted by molar-refractivity contribution is -0.164. The number of sulfone groups is 1. The smallest absolute Gasteiger partial charge is 0.331 e. The van der Waals surface area contributed by atoms with Crippen LogP contribution in [0, 0.1) is 0 Å². The first kappa shape index (κ1) is 21.3. The largest absolute Gasteiger partial charge is 0.451 e. The Morgan fingerprint density at radius 1 is 1.15 bits per heavy atom. The first-order valence-corrected chi connectivity index (χ1v) is 12.1. The molecule has 2 aliphatic heterocycles. The molecule has 1 aromatic heterocycles. The number of rotatable bonds is 6. The van der Waals surface area contributed by atoms with Crippen molar-refractivity contribution in [2.75, 3.05) is 0 Å². The minimum atomic E-state index is -3.87. The lowest BCUT2D eigenvalue weighted by Crippen LogP contribution is -2.58. The van der Waals surface area contributed by atoms with E-state index in [9.17, 15) is 18.0 Å². The van der Waals surface area contributed by atoms with E-state index in [1.807, 2.05) is 60.7 Å². The fourth-order valence-corrected chi connectivity index (χ4v) is 7.12. The van der Waals surface area contributed by atoms with Crippen LogP contribution in [0.4, 0.5) is 0 Å². The number of ether oxygens (including phenoxy) is 1. The van der Waals surface area contributed by atoms with Crippen molar-refractivity contribution in [3.63, 3.8) is 0 Å². The van der Waals surface area contributed by atoms with Gasteiger partial charge in [-0.3, -0.25) is 4.79 Å².